The molecule has 1 aromatic rings. The molecule has 4 heteroatoms. The number of unbranched alkanes of at least 4 members (excludes halogenated alkanes) is 4. The van der Waals surface area contributed by atoms with Crippen molar-refractivity contribution in [1.82, 2.24) is 9.78 Å². The first-order chi connectivity index (χ1) is 8.74. The van der Waals surface area contributed by atoms with Crippen molar-refractivity contribution in [1.29, 1.82) is 0 Å². The van der Waals surface area contributed by atoms with E-state index in [-0.39, 0.29) is 5.78 Å². The number of aryl methyl sites for hydroxylation is 1. The molecule has 0 atom stereocenters. The number of ether oxygens (including phenoxy) is 1. The van der Waals surface area contributed by atoms with Crippen molar-refractivity contribution in [2.24, 2.45) is 0 Å². The molecular formula is C14H24N2O2. The van der Waals surface area contributed by atoms with Crippen LogP contribution in [0.2, 0.25) is 0 Å². The lowest BCUT2D eigenvalue weighted by atomic mass is 10.1. The van der Waals surface area contributed by atoms with Gasteiger partial charge in [-0.2, -0.15) is 5.10 Å². The van der Waals surface area contributed by atoms with Crippen molar-refractivity contribution in [3.05, 3.63) is 11.9 Å². The maximum absolute atomic E-state index is 12.2. The van der Waals surface area contributed by atoms with Gasteiger partial charge in [-0.3, -0.25) is 9.48 Å². The number of nitrogens with zero attached hydrogens (tertiary/aromatic N) is 2. The first-order valence-electron chi connectivity index (χ1n) is 6.87. The Labute approximate surface area is 109 Å². The van der Waals surface area contributed by atoms with E-state index in [4.69, 9.17) is 4.74 Å². The van der Waals surface area contributed by atoms with Crippen LogP contribution in [0.15, 0.2) is 6.20 Å². The van der Waals surface area contributed by atoms with Crippen LogP contribution >= 0.6 is 0 Å². The highest BCUT2D eigenvalue weighted by Gasteiger charge is 2.17. The van der Waals surface area contributed by atoms with Gasteiger partial charge < -0.3 is 4.74 Å². The Morgan fingerprint density at radius 2 is 2.00 bits per heavy atom. The van der Waals surface area contributed by atoms with E-state index in [9.17, 15) is 4.79 Å². The van der Waals surface area contributed by atoms with Crippen molar-refractivity contribution in [2.75, 3.05) is 7.11 Å². The minimum Gasteiger partial charge on any atom is -0.493 e. The second-order valence-electron chi connectivity index (χ2n) is 4.46. The topological polar surface area (TPSA) is 44.1 Å². The zero-order chi connectivity index (χ0) is 13.4. The van der Waals surface area contributed by atoms with Crippen LogP contribution in [-0.2, 0) is 6.54 Å². The molecule has 4 nitrogen and oxygen atoms in total. The number of carbonyl (C=O) groups excluding carboxylic acids is 1. The average molecular weight is 252 g/mol. The molecule has 0 aliphatic carbocycles. The molecule has 102 valence electrons. The maximum atomic E-state index is 12.2. The number of hydrogen-bond acceptors (Lipinski definition) is 3. The Balaban J connectivity index is 2.52. The Morgan fingerprint density at radius 3 is 2.61 bits per heavy atom. The van der Waals surface area contributed by atoms with Gasteiger partial charge in [0, 0.05) is 13.0 Å². The molecule has 0 aliphatic rings. The quantitative estimate of drug-likeness (QED) is 0.499. The fraction of sp³-hybridized carbons (Fsp3) is 0.714. The van der Waals surface area contributed by atoms with Gasteiger partial charge in [-0.1, -0.05) is 32.6 Å². The largest absolute Gasteiger partial charge is 0.493 e. The molecule has 0 aromatic carbocycles. The summed E-state index contributed by atoms with van der Waals surface area (Å²) in [5.74, 6) is 0.734. The van der Waals surface area contributed by atoms with Crippen LogP contribution in [-0.4, -0.2) is 22.7 Å². The number of carbonyl (C=O) groups is 1. The summed E-state index contributed by atoms with van der Waals surface area (Å²) in [6.07, 6.45) is 7.99. The highest BCUT2D eigenvalue weighted by molar-refractivity contribution is 5.96. The third-order valence-electron chi connectivity index (χ3n) is 3.10. The third-order valence-corrected chi connectivity index (χ3v) is 3.10. The molecule has 0 spiro atoms. The Hall–Kier alpha value is -1.32. The van der Waals surface area contributed by atoms with Gasteiger partial charge in [0.05, 0.1) is 13.3 Å². The molecule has 0 N–H and O–H groups in total. The van der Waals surface area contributed by atoms with Crippen molar-refractivity contribution >= 4 is 5.78 Å². The van der Waals surface area contributed by atoms with E-state index in [2.05, 4.69) is 12.0 Å². The van der Waals surface area contributed by atoms with Gasteiger partial charge in [0.25, 0.3) is 0 Å². The smallest absolute Gasteiger partial charge is 0.184 e. The summed E-state index contributed by atoms with van der Waals surface area (Å²) < 4.78 is 6.91. The molecule has 1 aromatic heterocycles. The SMILES string of the molecule is CCCCCCCC(=O)c1c(OC)cnn1CC. The summed E-state index contributed by atoms with van der Waals surface area (Å²) >= 11 is 0. The second-order valence-corrected chi connectivity index (χ2v) is 4.46. The molecule has 18 heavy (non-hydrogen) atoms. The predicted molar refractivity (Wildman–Crippen MR) is 72.2 cm³/mol. The lowest BCUT2D eigenvalue weighted by molar-refractivity contribution is 0.0965. The van der Waals surface area contributed by atoms with Gasteiger partial charge in [0.1, 0.15) is 5.69 Å². The predicted octanol–water partition coefficient (Wildman–Crippen LogP) is 3.45. The first kappa shape index (κ1) is 14.7. The van der Waals surface area contributed by atoms with E-state index in [1.165, 1.54) is 19.3 Å². The Kier molecular flexibility index (Phi) is 6.47. The maximum Gasteiger partial charge on any atom is 0.184 e. The van der Waals surface area contributed by atoms with E-state index in [1.807, 2.05) is 6.92 Å². The van der Waals surface area contributed by atoms with Gasteiger partial charge in [0.2, 0.25) is 0 Å². The average Bonchev–Trinajstić information content (AvgIpc) is 2.81. The fourth-order valence-corrected chi connectivity index (χ4v) is 2.05. The minimum absolute atomic E-state index is 0.141. The van der Waals surface area contributed by atoms with E-state index >= 15 is 0 Å². The molecule has 1 rings (SSSR count). The van der Waals surface area contributed by atoms with Crippen LogP contribution in [0.4, 0.5) is 0 Å². The number of Topliss-reactive ketones (excluding diaryl/α,β-unsaturated/α-hetero) is 1. The molecule has 0 unspecified atom stereocenters. The summed E-state index contributed by atoms with van der Waals surface area (Å²) in [6.45, 7) is 4.86. The number of hydrogen-bond donors (Lipinski definition) is 0. The molecule has 0 radical (unpaired) electrons. The Morgan fingerprint density at radius 1 is 1.28 bits per heavy atom. The standard InChI is InChI=1S/C14H24N2O2/c1-4-6-7-8-9-10-12(17)14-13(18-3)11-15-16(14)5-2/h11H,4-10H2,1-3H3. The van der Waals surface area contributed by atoms with Crippen LogP contribution in [0, 0.1) is 0 Å². The molecule has 0 amide bonds. The molecule has 0 saturated carbocycles. The highest BCUT2D eigenvalue weighted by atomic mass is 16.5. The van der Waals surface area contributed by atoms with E-state index < -0.39 is 0 Å². The molecule has 0 aliphatic heterocycles. The summed E-state index contributed by atoms with van der Waals surface area (Å²) in [6, 6.07) is 0. The van der Waals surface area contributed by atoms with Crippen molar-refractivity contribution in [3.63, 3.8) is 0 Å². The number of methoxy groups -OCH3 is 1. The summed E-state index contributed by atoms with van der Waals surface area (Å²) in [7, 11) is 1.58. The van der Waals surface area contributed by atoms with Crippen molar-refractivity contribution in [2.45, 2.75) is 58.9 Å². The van der Waals surface area contributed by atoms with E-state index in [0.29, 0.717) is 24.4 Å². The highest BCUT2D eigenvalue weighted by Crippen LogP contribution is 2.20. The van der Waals surface area contributed by atoms with Crippen LogP contribution in [0.3, 0.4) is 0 Å². The van der Waals surface area contributed by atoms with Crippen LogP contribution in [0.25, 0.3) is 0 Å². The summed E-state index contributed by atoms with van der Waals surface area (Å²) in [5.41, 5.74) is 0.621. The lowest BCUT2D eigenvalue weighted by Crippen LogP contribution is -2.10. The monoisotopic (exact) mass is 252 g/mol. The molecule has 0 saturated heterocycles. The minimum atomic E-state index is 0.141. The van der Waals surface area contributed by atoms with Gasteiger partial charge in [-0.15, -0.1) is 0 Å². The van der Waals surface area contributed by atoms with Crippen LogP contribution in [0.5, 0.6) is 5.75 Å². The number of ketones is 1. The number of aromatic nitrogens is 2. The fourth-order valence-electron chi connectivity index (χ4n) is 2.05. The normalized spacial score (nSPS) is 10.6. The van der Waals surface area contributed by atoms with Crippen LogP contribution < -0.4 is 4.74 Å². The third kappa shape index (κ3) is 3.86. The summed E-state index contributed by atoms with van der Waals surface area (Å²) in [5, 5.41) is 4.16. The zero-order valence-electron chi connectivity index (χ0n) is 11.7. The van der Waals surface area contributed by atoms with Gasteiger partial charge in [-0.05, 0) is 13.3 Å². The molecule has 1 heterocycles. The molecule has 0 fully saturated rings. The van der Waals surface area contributed by atoms with Crippen molar-refractivity contribution in [3.8, 4) is 5.75 Å². The number of rotatable bonds is 9. The van der Waals surface area contributed by atoms with E-state index in [1.54, 1.807) is 18.0 Å². The first-order valence-corrected chi connectivity index (χ1v) is 6.87. The van der Waals surface area contributed by atoms with Gasteiger partial charge in [0.15, 0.2) is 11.5 Å². The second kappa shape index (κ2) is 7.90. The summed E-state index contributed by atoms with van der Waals surface area (Å²) in [4.78, 5) is 12.2. The van der Waals surface area contributed by atoms with Gasteiger partial charge >= 0.3 is 0 Å². The van der Waals surface area contributed by atoms with Crippen molar-refractivity contribution < 1.29 is 9.53 Å². The Bertz CT molecular complexity index is 350. The van der Waals surface area contributed by atoms with Gasteiger partial charge in [-0.25, -0.2) is 0 Å². The lowest BCUT2D eigenvalue weighted by Gasteiger charge is -2.06. The zero-order valence-corrected chi connectivity index (χ0v) is 11.7. The molecule has 0 bridgehead atoms. The van der Waals surface area contributed by atoms with Crippen LogP contribution in [0.1, 0.15) is 62.9 Å². The molecular weight excluding hydrogens is 228 g/mol. The van der Waals surface area contributed by atoms with E-state index in [0.717, 1.165) is 12.8 Å².